The molecule has 0 fully saturated rings. The van der Waals surface area contributed by atoms with Crippen LogP contribution < -0.4 is 10.2 Å². The van der Waals surface area contributed by atoms with Crippen molar-refractivity contribution in [1.29, 1.82) is 0 Å². The third kappa shape index (κ3) is 5.66. The average Bonchev–Trinajstić information content (AvgIpc) is 2.43. The quantitative estimate of drug-likeness (QED) is 0.799. The zero-order valence-corrected chi connectivity index (χ0v) is 14.5. The summed E-state index contributed by atoms with van der Waals surface area (Å²) in [5.41, 5.74) is 1.43. The van der Waals surface area contributed by atoms with Gasteiger partial charge in [-0.1, -0.05) is 13.8 Å². The minimum atomic E-state index is -0.182. The van der Waals surface area contributed by atoms with Crippen molar-refractivity contribution in [3.05, 3.63) is 30.1 Å². The van der Waals surface area contributed by atoms with Gasteiger partial charge < -0.3 is 10.2 Å². The highest BCUT2D eigenvalue weighted by molar-refractivity contribution is 5.45. The highest BCUT2D eigenvalue weighted by atomic mass is 19.1. The lowest BCUT2D eigenvalue weighted by Crippen LogP contribution is -2.48. The Morgan fingerprint density at radius 3 is 2.00 bits per heavy atom. The van der Waals surface area contributed by atoms with Crippen LogP contribution in [0.15, 0.2) is 24.3 Å². The minimum Gasteiger partial charge on any atom is -0.374 e. The first kappa shape index (κ1) is 18.0. The van der Waals surface area contributed by atoms with Crippen molar-refractivity contribution in [2.24, 2.45) is 5.41 Å². The summed E-state index contributed by atoms with van der Waals surface area (Å²) in [6, 6.07) is 6.75. The molecule has 0 saturated carbocycles. The second-order valence-electron chi connectivity index (χ2n) is 7.14. The van der Waals surface area contributed by atoms with E-state index >= 15 is 0 Å². The van der Waals surface area contributed by atoms with E-state index in [-0.39, 0.29) is 16.8 Å². The first-order valence-corrected chi connectivity index (χ1v) is 7.93. The summed E-state index contributed by atoms with van der Waals surface area (Å²) in [5, 5.41) is 3.64. The van der Waals surface area contributed by atoms with Gasteiger partial charge in [0, 0.05) is 31.4 Å². The van der Waals surface area contributed by atoms with E-state index in [2.05, 4.69) is 51.9 Å². The first-order chi connectivity index (χ1) is 9.71. The summed E-state index contributed by atoms with van der Waals surface area (Å²) in [6.07, 6.45) is 2.25. The fraction of sp³-hybridized carbons (Fsp3) is 0.667. The molecule has 0 amide bonds. The van der Waals surface area contributed by atoms with Crippen LogP contribution in [0.1, 0.15) is 47.5 Å². The Kier molecular flexibility index (Phi) is 6.21. The topological polar surface area (TPSA) is 15.3 Å². The summed E-state index contributed by atoms with van der Waals surface area (Å²) in [5.74, 6) is -0.182. The number of hydrogen-bond donors (Lipinski definition) is 1. The fourth-order valence-corrected chi connectivity index (χ4v) is 2.52. The molecule has 21 heavy (non-hydrogen) atoms. The molecular formula is C18H31FN2. The van der Waals surface area contributed by atoms with Crippen LogP contribution in [0.5, 0.6) is 0 Å². The van der Waals surface area contributed by atoms with Crippen LogP contribution in [-0.4, -0.2) is 25.7 Å². The first-order valence-electron chi connectivity index (χ1n) is 7.93. The molecule has 120 valence electrons. The third-order valence-electron chi connectivity index (χ3n) is 4.33. The van der Waals surface area contributed by atoms with Gasteiger partial charge in [0.25, 0.3) is 0 Å². The Morgan fingerprint density at radius 1 is 1.05 bits per heavy atom. The highest BCUT2D eigenvalue weighted by Gasteiger charge is 2.29. The van der Waals surface area contributed by atoms with Crippen molar-refractivity contribution in [2.75, 3.05) is 25.0 Å². The maximum atomic E-state index is 13.0. The SMILES string of the molecule is CCC(CC)(CNC(C)(C)C)CN(C)c1ccc(F)cc1. The van der Waals surface area contributed by atoms with Gasteiger partial charge in [0.05, 0.1) is 0 Å². The molecule has 0 aliphatic carbocycles. The summed E-state index contributed by atoms with van der Waals surface area (Å²) in [4.78, 5) is 2.23. The molecule has 0 bridgehead atoms. The molecule has 1 N–H and O–H groups in total. The van der Waals surface area contributed by atoms with Gasteiger partial charge in [-0.25, -0.2) is 4.39 Å². The van der Waals surface area contributed by atoms with E-state index in [0.29, 0.717) is 0 Å². The normalized spacial score (nSPS) is 12.5. The van der Waals surface area contributed by atoms with Crippen LogP contribution in [0.2, 0.25) is 0 Å². The predicted molar refractivity (Wildman–Crippen MR) is 90.4 cm³/mol. The summed E-state index contributed by atoms with van der Waals surface area (Å²) in [6.45, 7) is 13.1. The molecule has 0 spiro atoms. The number of hydrogen-bond acceptors (Lipinski definition) is 2. The summed E-state index contributed by atoms with van der Waals surface area (Å²) >= 11 is 0. The molecule has 1 aromatic rings. The van der Waals surface area contributed by atoms with Crippen LogP contribution in [0.25, 0.3) is 0 Å². The molecule has 0 atom stereocenters. The van der Waals surface area contributed by atoms with Crippen LogP contribution >= 0.6 is 0 Å². The molecule has 0 aliphatic heterocycles. The van der Waals surface area contributed by atoms with Crippen molar-refractivity contribution in [2.45, 2.75) is 53.0 Å². The van der Waals surface area contributed by atoms with E-state index in [9.17, 15) is 4.39 Å². The Hall–Kier alpha value is -1.09. The van der Waals surface area contributed by atoms with E-state index in [1.807, 2.05) is 12.1 Å². The van der Waals surface area contributed by atoms with E-state index in [1.54, 1.807) is 0 Å². The largest absolute Gasteiger partial charge is 0.374 e. The van der Waals surface area contributed by atoms with Gasteiger partial charge >= 0.3 is 0 Å². The maximum absolute atomic E-state index is 13.0. The number of halogens is 1. The van der Waals surface area contributed by atoms with Crippen molar-refractivity contribution in [3.63, 3.8) is 0 Å². The van der Waals surface area contributed by atoms with Gasteiger partial charge in [0.15, 0.2) is 0 Å². The molecule has 1 aromatic carbocycles. The van der Waals surface area contributed by atoms with Gasteiger partial charge in [-0.2, -0.15) is 0 Å². The van der Waals surface area contributed by atoms with Gasteiger partial charge in [-0.05, 0) is 63.3 Å². The molecule has 1 rings (SSSR count). The number of rotatable bonds is 7. The van der Waals surface area contributed by atoms with Gasteiger partial charge in [0.2, 0.25) is 0 Å². The number of nitrogens with one attached hydrogen (secondary N) is 1. The number of benzene rings is 1. The average molecular weight is 294 g/mol. The molecule has 0 saturated heterocycles. The predicted octanol–water partition coefficient (Wildman–Crippen LogP) is 4.46. The molecule has 2 nitrogen and oxygen atoms in total. The number of nitrogens with zero attached hydrogens (tertiary/aromatic N) is 1. The minimum absolute atomic E-state index is 0.129. The molecule has 0 aliphatic rings. The molecular weight excluding hydrogens is 263 g/mol. The smallest absolute Gasteiger partial charge is 0.123 e. The molecule has 3 heteroatoms. The second-order valence-corrected chi connectivity index (χ2v) is 7.14. The van der Waals surface area contributed by atoms with E-state index in [4.69, 9.17) is 0 Å². The van der Waals surface area contributed by atoms with Crippen LogP contribution in [0.4, 0.5) is 10.1 Å². The molecule has 0 heterocycles. The third-order valence-corrected chi connectivity index (χ3v) is 4.33. The molecule has 0 radical (unpaired) electrons. The number of anilines is 1. The van der Waals surface area contributed by atoms with Crippen LogP contribution in [0, 0.1) is 11.2 Å². The van der Waals surface area contributed by atoms with E-state index < -0.39 is 0 Å². The van der Waals surface area contributed by atoms with E-state index in [0.717, 1.165) is 31.6 Å². The summed E-state index contributed by atoms with van der Waals surface area (Å²) in [7, 11) is 2.09. The second kappa shape index (κ2) is 7.26. The molecule has 0 aromatic heterocycles. The zero-order chi connectivity index (χ0) is 16.1. The fourth-order valence-electron chi connectivity index (χ4n) is 2.52. The van der Waals surface area contributed by atoms with Crippen molar-refractivity contribution in [3.8, 4) is 0 Å². The van der Waals surface area contributed by atoms with E-state index in [1.165, 1.54) is 12.1 Å². The standard InChI is InChI=1S/C18H31FN2/c1-7-18(8-2,13-20-17(3,4)5)14-21(6)16-11-9-15(19)10-12-16/h9-12,20H,7-8,13-14H2,1-6H3. The zero-order valence-electron chi connectivity index (χ0n) is 14.5. The van der Waals surface area contributed by atoms with Crippen molar-refractivity contribution in [1.82, 2.24) is 5.32 Å². The summed E-state index contributed by atoms with van der Waals surface area (Å²) < 4.78 is 13.0. The molecule has 0 unspecified atom stereocenters. The van der Waals surface area contributed by atoms with Crippen LogP contribution in [-0.2, 0) is 0 Å². The van der Waals surface area contributed by atoms with Gasteiger partial charge in [-0.15, -0.1) is 0 Å². The maximum Gasteiger partial charge on any atom is 0.123 e. The lowest BCUT2D eigenvalue weighted by molar-refractivity contribution is 0.228. The Labute approximate surface area is 129 Å². The highest BCUT2D eigenvalue weighted by Crippen LogP contribution is 2.29. The van der Waals surface area contributed by atoms with Crippen molar-refractivity contribution < 1.29 is 4.39 Å². The Morgan fingerprint density at radius 2 is 1.57 bits per heavy atom. The lowest BCUT2D eigenvalue weighted by atomic mass is 9.81. The Bertz CT molecular complexity index is 416. The van der Waals surface area contributed by atoms with Gasteiger partial charge in [0.1, 0.15) is 5.82 Å². The van der Waals surface area contributed by atoms with Crippen molar-refractivity contribution >= 4 is 5.69 Å². The Balaban J connectivity index is 2.78. The lowest BCUT2D eigenvalue weighted by Gasteiger charge is -2.39. The monoisotopic (exact) mass is 294 g/mol. The van der Waals surface area contributed by atoms with Crippen LogP contribution in [0.3, 0.4) is 0 Å². The van der Waals surface area contributed by atoms with Gasteiger partial charge in [-0.3, -0.25) is 0 Å².